The van der Waals surface area contributed by atoms with Crippen LogP contribution in [0.5, 0.6) is 0 Å². The monoisotopic (exact) mass is 454 g/mol. The first-order valence-corrected chi connectivity index (χ1v) is 9.45. The number of carboxylic acids is 1. The maximum atomic E-state index is 12.7. The van der Waals surface area contributed by atoms with Crippen LogP contribution in [-0.4, -0.2) is 68.9 Å². The van der Waals surface area contributed by atoms with Crippen molar-refractivity contribution in [3.05, 3.63) is 46.0 Å². The molecule has 0 aliphatic heterocycles. The first-order valence-electron chi connectivity index (χ1n) is 9.45. The molecule has 0 aromatic heterocycles. The quantitative estimate of drug-likeness (QED) is 0.0867. The van der Waals surface area contributed by atoms with Gasteiger partial charge in [-0.25, -0.2) is 19.7 Å². The summed E-state index contributed by atoms with van der Waals surface area (Å²) in [4.78, 5) is 51.6. The number of nitro groups is 1. The summed E-state index contributed by atoms with van der Waals surface area (Å²) >= 11 is 0. The number of carboxylic acid groups (broad SMARTS) is 1. The second-order valence-electron chi connectivity index (χ2n) is 6.65. The molecule has 0 unspecified atom stereocenters. The van der Waals surface area contributed by atoms with E-state index in [9.17, 15) is 34.7 Å². The third-order valence-corrected chi connectivity index (χ3v) is 4.15. The van der Waals surface area contributed by atoms with E-state index in [2.05, 4.69) is 4.99 Å². The maximum absolute atomic E-state index is 12.7. The SMILES string of the molecule is C[C@@H](O)[C@H](NC(=O)OCc1ccccc1)C(=O)N([C@@H](CCCN=C(N)N)C(=O)O)[N+](=O)[O-]. The number of aliphatic hydroxyl groups excluding tert-OH is 1. The number of nitrogens with zero attached hydrogens (tertiary/aromatic N) is 3. The van der Waals surface area contributed by atoms with Gasteiger partial charge in [0.1, 0.15) is 12.6 Å². The van der Waals surface area contributed by atoms with E-state index in [1.165, 1.54) is 0 Å². The first-order chi connectivity index (χ1) is 15.0. The van der Waals surface area contributed by atoms with E-state index in [4.69, 9.17) is 16.2 Å². The molecule has 0 heterocycles. The summed E-state index contributed by atoms with van der Waals surface area (Å²) in [5.41, 5.74) is 11.0. The smallest absolute Gasteiger partial charge is 0.408 e. The predicted molar refractivity (Wildman–Crippen MR) is 110 cm³/mol. The summed E-state index contributed by atoms with van der Waals surface area (Å²) in [5.74, 6) is -3.34. The molecule has 0 aliphatic carbocycles. The van der Waals surface area contributed by atoms with Gasteiger partial charge in [-0.15, -0.1) is 0 Å². The van der Waals surface area contributed by atoms with Gasteiger partial charge < -0.3 is 31.7 Å². The van der Waals surface area contributed by atoms with Crippen LogP contribution in [0.1, 0.15) is 25.3 Å². The van der Waals surface area contributed by atoms with Crippen molar-refractivity contribution in [2.24, 2.45) is 16.5 Å². The summed E-state index contributed by atoms with van der Waals surface area (Å²) in [6, 6.07) is 4.82. The van der Waals surface area contributed by atoms with E-state index in [1.54, 1.807) is 30.3 Å². The van der Waals surface area contributed by atoms with Crippen molar-refractivity contribution in [1.29, 1.82) is 0 Å². The Hall–Kier alpha value is -3.94. The topological polar surface area (TPSA) is 224 Å². The number of carbonyl (C=O) groups is 3. The molecular weight excluding hydrogens is 428 g/mol. The van der Waals surface area contributed by atoms with Crippen LogP contribution in [0.3, 0.4) is 0 Å². The highest BCUT2D eigenvalue weighted by Crippen LogP contribution is 2.13. The van der Waals surface area contributed by atoms with E-state index in [-0.39, 0.29) is 37.0 Å². The molecule has 14 nitrogen and oxygen atoms in total. The van der Waals surface area contributed by atoms with Crippen molar-refractivity contribution >= 4 is 23.9 Å². The lowest BCUT2D eigenvalue weighted by atomic mass is 10.1. The Labute approximate surface area is 183 Å². The maximum Gasteiger partial charge on any atom is 0.408 e. The molecule has 0 spiro atoms. The molecule has 3 atom stereocenters. The van der Waals surface area contributed by atoms with Crippen LogP contribution in [0.25, 0.3) is 0 Å². The number of hydrogen-bond acceptors (Lipinski definition) is 8. The number of amides is 2. The molecular formula is C18H26N6O8. The zero-order chi connectivity index (χ0) is 24.3. The third kappa shape index (κ3) is 8.43. The van der Waals surface area contributed by atoms with Gasteiger partial charge in [0.2, 0.25) is 0 Å². The fraction of sp³-hybridized carbons (Fsp3) is 0.444. The molecule has 0 fully saturated rings. The molecule has 14 heteroatoms. The number of aliphatic hydroxyl groups is 1. The lowest BCUT2D eigenvalue weighted by molar-refractivity contribution is -0.641. The van der Waals surface area contributed by atoms with Crippen LogP contribution < -0.4 is 16.8 Å². The van der Waals surface area contributed by atoms with Crippen molar-refractivity contribution in [3.8, 4) is 0 Å². The average molecular weight is 454 g/mol. The minimum absolute atomic E-state index is 0.0123. The van der Waals surface area contributed by atoms with Gasteiger partial charge in [0.05, 0.1) is 6.10 Å². The van der Waals surface area contributed by atoms with Gasteiger partial charge in [0.25, 0.3) is 0 Å². The summed E-state index contributed by atoms with van der Waals surface area (Å²) in [5, 5.41) is 31.5. The zero-order valence-corrected chi connectivity index (χ0v) is 17.3. The number of aliphatic carboxylic acids is 1. The fourth-order valence-corrected chi connectivity index (χ4v) is 2.61. The lowest BCUT2D eigenvalue weighted by Crippen LogP contribution is -2.59. The number of benzene rings is 1. The second-order valence-corrected chi connectivity index (χ2v) is 6.65. The molecule has 0 saturated heterocycles. The van der Waals surface area contributed by atoms with Crippen LogP contribution in [0.4, 0.5) is 4.79 Å². The molecule has 0 radical (unpaired) electrons. The number of nitrogens with two attached hydrogens (primary N) is 2. The fourth-order valence-electron chi connectivity index (χ4n) is 2.61. The van der Waals surface area contributed by atoms with Crippen molar-refractivity contribution in [3.63, 3.8) is 0 Å². The summed E-state index contributed by atoms with van der Waals surface area (Å²) in [7, 11) is 0. The summed E-state index contributed by atoms with van der Waals surface area (Å²) in [6.07, 6.45) is -3.07. The van der Waals surface area contributed by atoms with Gasteiger partial charge >= 0.3 is 18.0 Å². The Morgan fingerprint density at radius 3 is 2.41 bits per heavy atom. The highest BCUT2D eigenvalue weighted by Gasteiger charge is 2.44. The largest absolute Gasteiger partial charge is 0.480 e. The van der Waals surface area contributed by atoms with Gasteiger partial charge in [-0.05, 0) is 30.3 Å². The Morgan fingerprint density at radius 1 is 1.28 bits per heavy atom. The van der Waals surface area contributed by atoms with Crippen molar-refractivity contribution < 1.29 is 34.4 Å². The highest BCUT2D eigenvalue weighted by molar-refractivity contribution is 5.88. The molecule has 2 amide bonds. The molecule has 7 N–H and O–H groups in total. The van der Waals surface area contributed by atoms with Crippen molar-refractivity contribution in [2.45, 2.75) is 44.6 Å². The minimum atomic E-state index is -1.89. The number of carbonyl (C=O) groups excluding carboxylic acids is 2. The van der Waals surface area contributed by atoms with Crippen molar-refractivity contribution in [2.75, 3.05) is 6.54 Å². The van der Waals surface area contributed by atoms with Gasteiger partial charge in [-0.1, -0.05) is 30.3 Å². The second kappa shape index (κ2) is 12.7. The molecule has 1 aromatic carbocycles. The minimum Gasteiger partial charge on any atom is -0.480 e. The molecule has 176 valence electrons. The molecule has 0 saturated carbocycles. The Morgan fingerprint density at radius 2 is 1.91 bits per heavy atom. The van der Waals surface area contributed by atoms with Crippen LogP contribution in [-0.2, 0) is 20.9 Å². The Kier molecular flexibility index (Phi) is 10.3. The van der Waals surface area contributed by atoms with E-state index in [0.717, 1.165) is 6.92 Å². The van der Waals surface area contributed by atoms with E-state index >= 15 is 0 Å². The molecule has 0 aliphatic rings. The summed E-state index contributed by atoms with van der Waals surface area (Å²) in [6.45, 7) is 0.928. The van der Waals surface area contributed by atoms with E-state index < -0.39 is 41.2 Å². The number of nitrogens with one attached hydrogen (secondary N) is 1. The predicted octanol–water partition coefficient (Wildman–Crippen LogP) is -0.811. The third-order valence-electron chi connectivity index (χ3n) is 4.15. The highest BCUT2D eigenvalue weighted by atomic mass is 16.7. The zero-order valence-electron chi connectivity index (χ0n) is 17.3. The van der Waals surface area contributed by atoms with Gasteiger partial charge in [0, 0.05) is 6.54 Å². The number of alkyl carbamates (subject to hydrolysis) is 1. The van der Waals surface area contributed by atoms with Crippen LogP contribution in [0.15, 0.2) is 35.3 Å². The Balaban J connectivity index is 2.93. The van der Waals surface area contributed by atoms with E-state index in [0.29, 0.717) is 5.56 Å². The number of hydrogen-bond donors (Lipinski definition) is 5. The van der Waals surface area contributed by atoms with Gasteiger partial charge in [-0.2, -0.15) is 0 Å². The lowest BCUT2D eigenvalue weighted by Gasteiger charge is -2.25. The van der Waals surface area contributed by atoms with E-state index in [1.807, 2.05) is 5.32 Å². The number of hydrazine groups is 1. The number of rotatable bonds is 12. The normalized spacial score (nSPS) is 13.2. The molecule has 0 bridgehead atoms. The van der Waals surface area contributed by atoms with Crippen LogP contribution in [0, 0.1) is 10.1 Å². The molecule has 1 aromatic rings. The number of guanidine groups is 1. The standard InChI is InChI=1S/C18H26N6O8/c1-11(25)14(22-18(29)32-10-12-6-3-2-4-7-12)15(26)23(24(30)31)13(16(27)28)8-5-9-21-17(19)20/h2-4,6-7,11,13-14,25H,5,8-10H2,1H3,(H,22,29)(H,27,28)(H4,19,20,21)/t11-,13+,14+/m1/s1. The average Bonchev–Trinajstić information content (AvgIpc) is 2.72. The summed E-state index contributed by atoms with van der Waals surface area (Å²) < 4.78 is 4.95. The van der Waals surface area contributed by atoms with Gasteiger partial charge in [0.15, 0.2) is 17.0 Å². The van der Waals surface area contributed by atoms with Crippen molar-refractivity contribution in [1.82, 2.24) is 10.3 Å². The Bertz CT molecular complexity index is 828. The molecule has 32 heavy (non-hydrogen) atoms. The van der Waals surface area contributed by atoms with Crippen LogP contribution >= 0.6 is 0 Å². The first kappa shape index (κ1) is 26.1. The number of aliphatic imine (C=N–C) groups is 1. The molecule has 1 rings (SSSR count). The van der Waals surface area contributed by atoms with Gasteiger partial charge in [-0.3, -0.25) is 9.79 Å². The van der Waals surface area contributed by atoms with Crippen LogP contribution in [0.2, 0.25) is 0 Å². The number of ether oxygens (including phenoxy) is 1.